The summed E-state index contributed by atoms with van der Waals surface area (Å²) in [6, 6.07) is 5.87. The van der Waals surface area contributed by atoms with Gasteiger partial charge in [0.05, 0.1) is 10.9 Å². The Kier molecular flexibility index (Phi) is 4.45. The van der Waals surface area contributed by atoms with E-state index in [1.54, 1.807) is 24.3 Å². The largest absolute Gasteiger partial charge is 0.416 e. The smallest absolute Gasteiger partial charge is 0.367 e. The second-order valence-corrected chi connectivity index (χ2v) is 6.64. The second-order valence-electron chi connectivity index (χ2n) is 5.75. The van der Waals surface area contributed by atoms with E-state index < -0.39 is 11.7 Å². The Bertz CT molecular complexity index is 858. The lowest BCUT2D eigenvalue weighted by molar-refractivity contribution is -0.137. The summed E-state index contributed by atoms with van der Waals surface area (Å²) in [5, 5.41) is 6.24. The number of nitrogens with zero attached hydrogens (tertiary/aromatic N) is 2. The molecule has 7 heteroatoms. The first-order chi connectivity index (χ1) is 11.3. The molecule has 0 spiro atoms. The van der Waals surface area contributed by atoms with Crippen LogP contribution in [0.3, 0.4) is 0 Å². The van der Waals surface area contributed by atoms with Gasteiger partial charge in [-0.25, -0.2) is 9.97 Å². The summed E-state index contributed by atoms with van der Waals surface area (Å²) in [4.78, 5) is 9.37. The number of halogens is 3. The van der Waals surface area contributed by atoms with E-state index in [0.717, 1.165) is 27.7 Å². The molecule has 0 bridgehead atoms. The Labute approximate surface area is 141 Å². The molecule has 0 saturated heterocycles. The van der Waals surface area contributed by atoms with E-state index in [2.05, 4.69) is 15.3 Å². The number of nitrogens with one attached hydrogen (secondary N) is 1. The van der Waals surface area contributed by atoms with Crippen molar-refractivity contribution in [1.82, 2.24) is 9.97 Å². The highest BCUT2D eigenvalue weighted by Gasteiger charge is 2.30. The molecule has 126 valence electrons. The quantitative estimate of drug-likeness (QED) is 0.714. The van der Waals surface area contributed by atoms with Crippen LogP contribution < -0.4 is 5.32 Å². The molecule has 1 N–H and O–H groups in total. The lowest BCUT2D eigenvalue weighted by Gasteiger charge is -2.17. The fraction of sp³-hybridized carbons (Fsp3) is 0.294. The Morgan fingerprint density at radius 1 is 1.21 bits per heavy atom. The van der Waals surface area contributed by atoms with Crippen LogP contribution in [-0.4, -0.2) is 16.0 Å². The fourth-order valence-corrected chi connectivity index (χ4v) is 3.35. The van der Waals surface area contributed by atoms with Crippen LogP contribution in [0.4, 0.5) is 19.0 Å². The number of aryl methyl sites for hydroxylation is 1. The van der Waals surface area contributed by atoms with Crippen molar-refractivity contribution in [1.29, 1.82) is 0 Å². The van der Waals surface area contributed by atoms with Gasteiger partial charge < -0.3 is 5.32 Å². The molecule has 1 atom stereocenters. The molecule has 0 radical (unpaired) electrons. The number of hydrogen-bond donors (Lipinski definition) is 1. The van der Waals surface area contributed by atoms with Gasteiger partial charge in [-0.1, -0.05) is 6.07 Å². The molecule has 24 heavy (non-hydrogen) atoms. The van der Waals surface area contributed by atoms with Gasteiger partial charge >= 0.3 is 6.18 Å². The number of fused-ring (bicyclic) bond motifs is 1. The summed E-state index contributed by atoms with van der Waals surface area (Å²) in [7, 11) is 0. The molecule has 0 aliphatic carbocycles. The van der Waals surface area contributed by atoms with Crippen molar-refractivity contribution in [3.05, 3.63) is 52.7 Å². The summed E-state index contributed by atoms with van der Waals surface area (Å²) in [6.45, 7) is 3.69. The normalized spacial score (nSPS) is 13.2. The lowest BCUT2D eigenvalue weighted by atomic mass is 9.99. The van der Waals surface area contributed by atoms with Gasteiger partial charge in [0.15, 0.2) is 0 Å². The predicted octanol–water partition coefficient (Wildman–Crippen LogP) is 5.06. The molecule has 0 aliphatic rings. The van der Waals surface area contributed by atoms with Crippen molar-refractivity contribution in [3.63, 3.8) is 0 Å². The molecule has 0 saturated carbocycles. The number of rotatable bonds is 4. The number of hydrogen-bond acceptors (Lipinski definition) is 4. The van der Waals surface area contributed by atoms with Crippen molar-refractivity contribution in [2.75, 3.05) is 5.32 Å². The third kappa shape index (κ3) is 3.51. The van der Waals surface area contributed by atoms with E-state index in [1.165, 1.54) is 12.4 Å². The van der Waals surface area contributed by atoms with Crippen molar-refractivity contribution < 1.29 is 13.2 Å². The first-order valence-corrected chi connectivity index (χ1v) is 8.34. The fourth-order valence-electron chi connectivity index (χ4n) is 2.62. The lowest BCUT2D eigenvalue weighted by Crippen LogP contribution is -2.19. The van der Waals surface area contributed by atoms with Crippen molar-refractivity contribution >= 4 is 27.4 Å². The minimum absolute atomic E-state index is 0.0263. The van der Waals surface area contributed by atoms with Crippen LogP contribution in [0.25, 0.3) is 10.2 Å². The van der Waals surface area contributed by atoms with Crippen molar-refractivity contribution in [3.8, 4) is 0 Å². The summed E-state index contributed by atoms with van der Waals surface area (Å²) in [6.07, 6.45) is -2.18. The van der Waals surface area contributed by atoms with Crippen LogP contribution in [0.1, 0.15) is 23.6 Å². The first-order valence-electron chi connectivity index (χ1n) is 7.46. The molecule has 3 aromatic rings. The molecule has 1 aromatic carbocycles. The highest BCUT2D eigenvalue weighted by Crippen LogP contribution is 2.31. The van der Waals surface area contributed by atoms with Crippen LogP contribution in [0.15, 0.2) is 36.0 Å². The van der Waals surface area contributed by atoms with E-state index in [4.69, 9.17) is 0 Å². The van der Waals surface area contributed by atoms with E-state index >= 15 is 0 Å². The number of anilines is 1. The van der Waals surface area contributed by atoms with Gasteiger partial charge in [0.2, 0.25) is 0 Å². The molecule has 3 rings (SSSR count). The van der Waals surface area contributed by atoms with Gasteiger partial charge in [-0.05, 0) is 55.0 Å². The van der Waals surface area contributed by atoms with Gasteiger partial charge in [0.1, 0.15) is 17.0 Å². The van der Waals surface area contributed by atoms with Gasteiger partial charge in [0.25, 0.3) is 0 Å². The molecule has 0 amide bonds. The molecule has 0 aliphatic heterocycles. The second kappa shape index (κ2) is 6.39. The third-order valence-corrected chi connectivity index (χ3v) is 4.66. The number of aromatic nitrogens is 2. The van der Waals surface area contributed by atoms with Crippen LogP contribution in [0.2, 0.25) is 0 Å². The van der Waals surface area contributed by atoms with Gasteiger partial charge in [-0.3, -0.25) is 0 Å². The zero-order valence-electron chi connectivity index (χ0n) is 13.2. The molecular formula is C17H16F3N3S. The van der Waals surface area contributed by atoms with Gasteiger partial charge in [0, 0.05) is 6.04 Å². The molecule has 2 heterocycles. The topological polar surface area (TPSA) is 37.8 Å². The molecule has 1 unspecified atom stereocenters. The van der Waals surface area contributed by atoms with E-state index in [9.17, 15) is 13.2 Å². The Morgan fingerprint density at radius 2 is 2.00 bits per heavy atom. The number of benzene rings is 1. The zero-order chi connectivity index (χ0) is 17.3. The highest BCUT2D eigenvalue weighted by molar-refractivity contribution is 7.16. The Morgan fingerprint density at radius 3 is 2.71 bits per heavy atom. The highest BCUT2D eigenvalue weighted by atomic mass is 32.1. The monoisotopic (exact) mass is 351 g/mol. The average Bonchev–Trinajstić information content (AvgIpc) is 2.98. The van der Waals surface area contributed by atoms with Crippen molar-refractivity contribution in [2.24, 2.45) is 0 Å². The minimum atomic E-state index is -4.31. The van der Waals surface area contributed by atoms with Crippen LogP contribution in [-0.2, 0) is 12.6 Å². The maximum atomic E-state index is 12.7. The molecular weight excluding hydrogens is 335 g/mol. The standard InChI is InChI=1S/C17H16F3N3S/c1-10-7-13(17(18,19)20)4-3-12(10)8-11(2)23-15-14-5-6-24-16(14)22-9-21-15/h3-7,9,11H,8H2,1-2H3,(H,21,22,23). The van der Waals surface area contributed by atoms with Gasteiger partial charge in [-0.15, -0.1) is 11.3 Å². The first kappa shape index (κ1) is 16.7. The minimum Gasteiger partial charge on any atom is -0.367 e. The van der Waals surface area contributed by atoms with Crippen LogP contribution in [0, 0.1) is 6.92 Å². The average molecular weight is 351 g/mol. The number of alkyl halides is 3. The van der Waals surface area contributed by atoms with Crippen molar-refractivity contribution in [2.45, 2.75) is 32.5 Å². The molecule has 0 fully saturated rings. The van der Waals surface area contributed by atoms with Crippen LogP contribution in [0.5, 0.6) is 0 Å². The Hall–Kier alpha value is -2.15. The predicted molar refractivity (Wildman–Crippen MR) is 90.4 cm³/mol. The summed E-state index contributed by atoms with van der Waals surface area (Å²) in [5.41, 5.74) is 0.917. The van der Waals surface area contributed by atoms with E-state index in [1.807, 2.05) is 18.4 Å². The molecule has 2 aromatic heterocycles. The van der Waals surface area contributed by atoms with Crippen LogP contribution >= 0.6 is 11.3 Å². The summed E-state index contributed by atoms with van der Waals surface area (Å²) in [5.74, 6) is 0.748. The maximum absolute atomic E-state index is 12.7. The van der Waals surface area contributed by atoms with Gasteiger partial charge in [-0.2, -0.15) is 13.2 Å². The third-order valence-electron chi connectivity index (χ3n) is 3.84. The SMILES string of the molecule is Cc1cc(C(F)(F)F)ccc1CC(C)Nc1ncnc2sccc12. The number of thiophene rings is 1. The summed E-state index contributed by atoms with van der Waals surface area (Å²) < 4.78 is 38.2. The maximum Gasteiger partial charge on any atom is 0.416 e. The zero-order valence-corrected chi connectivity index (χ0v) is 14.0. The van der Waals surface area contributed by atoms with E-state index in [-0.39, 0.29) is 6.04 Å². The molecule has 3 nitrogen and oxygen atoms in total. The summed E-state index contributed by atoms with van der Waals surface area (Å²) >= 11 is 1.54. The van der Waals surface area contributed by atoms with E-state index in [0.29, 0.717) is 12.0 Å². The Balaban J connectivity index is 1.75.